The van der Waals surface area contributed by atoms with Crippen LogP contribution >= 0.6 is 0 Å². The highest BCUT2D eigenvalue weighted by Gasteiger charge is 2.40. The molecule has 1 aliphatic heterocycles. The van der Waals surface area contributed by atoms with Gasteiger partial charge in [0.1, 0.15) is 6.29 Å². The molecule has 0 aromatic rings. The zero-order chi connectivity index (χ0) is 24.5. The van der Waals surface area contributed by atoms with Gasteiger partial charge in [-0.15, -0.1) is 0 Å². The van der Waals surface area contributed by atoms with Crippen molar-refractivity contribution < 1.29 is 23.9 Å². The van der Waals surface area contributed by atoms with E-state index >= 15 is 0 Å². The second-order valence-corrected chi connectivity index (χ2v) is 10.2. The van der Waals surface area contributed by atoms with E-state index in [1.165, 1.54) is 12.8 Å². The summed E-state index contributed by atoms with van der Waals surface area (Å²) in [4.78, 5) is 41.7. The summed E-state index contributed by atoms with van der Waals surface area (Å²) in [6.45, 7) is 6.74. The average Bonchev–Trinajstić information content (AvgIpc) is 3.50. The van der Waals surface area contributed by atoms with E-state index in [-0.39, 0.29) is 54.4 Å². The summed E-state index contributed by atoms with van der Waals surface area (Å²) in [6.07, 6.45) is 8.34. The van der Waals surface area contributed by atoms with Crippen molar-refractivity contribution in [3.05, 3.63) is 0 Å². The van der Waals surface area contributed by atoms with E-state index in [1.54, 1.807) is 14.2 Å². The number of methoxy groups -OCH3 is 2. The Bertz CT molecular complexity index is 636. The number of hydrogen-bond donors (Lipinski definition) is 0. The predicted octanol–water partition coefficient (Wildman–Crippen LogP) is 3.69. The Labute approximate surface area is 200 Å². The van der Waals surface area contributed by atoms with Gasteiger partial charge >= 0.3 is 0 Å². The molecule has 1 aliphatic carbocycles. The van der Waals surface area contributed by atoms with Crippen LogP contribution in [0.25, 0.3) is 0 Å². The molecular weight excluding hydrogens is 420 g/mol. The fraction of sp³-hybridized carbons (Fsp3) is 0.885. The molecule has 2 aliphatic rings. The standard InChI is InChI=1S/C26H46N2O5/c1-7-18(2)25(27(4)23(30)15-20-11-8-9-12-20)22(32-5)16-24(31)28-14-10-13-21(28)26(33-6)19(3)17-29/h17-22,25-26H,7-16H2,1-6H3. The first-order valence-corrected chi connectivity index (χ1v) is 12.8. The average molecular weight is 467 g/mol. The summed E-state index contributed by atoms with van der Waals surface area (Å²) in [7, 11) is 5.11. The zero-order valence-electron chi connectivity index (χ0n) is 21.6. The quantitative estimate of drug-likeness (QED) is 0.387. The van der Waals surface area contributed by atoms with Gasteiger partial charge < -0.3 is 24.1 Å². The Balaban J connectivity index is 2.13. The van der Waals surface area contributed by atoms with Crippen LogP contribution in [-0.2, 0) is 23.9 Å². The molecule has 0 N–H and O–H groups in total. The molecule has 2 fully saturated rings. The number of aldehydes is 1. The number of likely N-dealkylation sites (N-methyl/N-ethyl adjacent to an activating group) is 1. The Morgan fingerprint density at radius 1 is 1.09 bits per heavy atom. The third-order valence-electron chi connectivity index (χ3n) is 8.07. The van der Waals surface area contributed by atoms with Crippen LogP contribution in [0.4, 0.5) is 0 Å². The molecule has 0 spiro atoms. The lowest BCUT2D eigenvalue weighted by molar-refractivity contribution is -0.145. The molecule has 7 heteroatoms. The lowest BCUT2D eigenvalue weighted by Gasteiger charge is -2.39. The summed E-state index contributed by atoms with van der Waals surface area (Å²) >= 11 is 0. The maximum Gasteiger partial charge on any atom is 0.225 e. The Hall–Kier alpha value is -1.47. The minimum absolute atomic E-state index is 0.00874. The van der Waals surface area contributed by atoms with Gasteiger partial charge in [-0.1, -0.05) is 40.0 Å². The van der Waals surface area contributed by atoms with Gasteiger partial charge in [0.05, 0.1) is 30.7 Å². The van der Waals surface area contributed by atoms with Crippen molar-refractivity contribution in [2.75, 3.05) is 27.8 Å². The monoisotopic (exact) mass is 466 g/mol. The number of carbonyl (C=O) groups is 3. The Kier molecular flexibility index (Phi) is 11.3. The van der Waals surface area contributed by atoms with E-state index in [0.717, 1.165) is 38.4 Å². The van der Waals surface area contributed by atoms with Crippen molar-refractivity contribution in [3.8, 4) is 0 Å². The first kappa shape index (κ1) is 27.8. The summed E-state index contributed by atoms with van der Waals surface area (Å²) in [5.74, 6) is 0.570. The minimum Gasteiger partial charge on any atom is -0.379 e. The smallest absolute Gasteiger partial charge is 0.225 e. The fourth-order valence-electron chi connectivity index (χ4n) is 5.89. The second kappa shape index (κ2) is 13.4. The normalized spacial score (nSPS) is 23.7. The van der Waals surface area contributed by atoms with Gasteiger partial charge in [0.2, 0.25) is 11.8 Å². The van der Waals surface area contributed by atoms with Gasteiger partial charge in [0, 0.05) is 40.2 Å². The fourth-order valence-corrected chi connectivity index (χ4v) is 5.89. The highest BCUT2D eigenvalue weighted by atomic mass is 16.5. The van der Waals surface area contributed by atoms with E-state index in [4.69, 9.17) is 9.47 Å². The maximum atomic E-state index is 13.4. The summed E-state index contributed by atoms with van der Waals surface area (Å²) in [6, 6.07) is -0.269. The predicted molar refractivity (Wildman–Crippen MR) is 129 cm³/mol. The van der Waals surface area contributed by atoms with Crippen LogP contribution in [0.2, 0.25) is 0 Å². The maximum absolute atomic E-state index is 13.4. The number of carbonyl (C=O) groups excluding carboxylic acids is 3. The number of hydrogen-bond acceptors (Lipinski definition) is 5. The van der Waals surface area contributed by atoms with Gasteiger partial charge in [0.25, 0.3) is 0 Å². The highest BCUT2D eigenvalue weighted by molar-refractivity contribution is 5.79. The Morgan fingerprint density at radius 2 is 1.76 bits per heavy atom. The largest absolute Gasteiger partial charge is 0.379 e. The van der Waals surface area contributed by atoms with E-state index in [1.807, 2.05) is 23.8 Å². The van der Waals surface area contributed by atoms with Gasteiger partial charge in [-0.3, -0.25) is 9.59 Å². The van der Waals surface area contributed by atoms with Crippen LogP contribution in [0.3, 0.4) is 0 Å². The van der Waals surface area contributed by atoms with Crippen LogP contribution in [0, 0.1) is 17.8 Å². The third-order valence-corrected chi connectivity index (χ3v) is 8.07. The van der Waals surface area contributed by atoms with Crippen molar-refractivity contribution in [2.24, 2.45) is 17.8 Å². The molecule has 0 bridgehead atoms. The van der Waals surface area contributed by atoms with Gasteiger partial charge in [-0.05, 0) is 37.5 Å². The number of amides is 2. The first-order valence-electron chi connectivity index (χ1n) is 12.8. The topological polar surface area (TPSA) is 76.2 Å². The van der Waals surface area contributed by atoms with Gasteiger partial charge in [-0.2, -0.15) is 0 Å². The van der Waals surface area contributed by atoms with E-state index in [0.29, 0.717) is 18.9 Å². The minimum atomic E-state index is -0.379. The summed E-state index contributed by atoms with van der Waals surface area (Å²) in [5, 5.41) is 0. The molecular formula is C26H46N2O5. The Morgan fingerprint density at radius 3 is 2.30 bits per heavy atom. The molecule has 33 heavy (non-hydrogen) atoms. The molecule has 1 saturated heterocycles. The van der Waals surface area contributed by atoms with Crippen LogP contribution in [0.15, 0.2) is 0 Å². The molecule has 6 atom stereocenters. The summed E-state index contributed by atoms with van der Waals surface area (Å²) in [5.41, 5.74) is 0. The molecule has 0 radical (unpaired) electrons. The SMILES string of the molecule is CCC(C)C(C(CC(=O)N1CCCC1C(OC)C(C)C=O)OC)N(C)C(=O)CC1CCCC1. The van der Waals surface area contributed by atoms with Crippen molar-refractivity contribution in [1.82, 2.24) is 9.80 Å². The number of ether oxygens (including phenoxy) is 2. The lowest BCUT2D eigenvalue weighted by Crippen LogP contribution is -2.52. The third kappa shape index (κ3) is 7.01. The van der Waals surface area contributed by atoms with Crippen LogP contribution < -0.4 is 0 Å². The molecule has 1 heterocycles. The highest BCUT2D eigenvalue weighted by Crippen LogP contribution is 2.31. The van der Waals surface area contributed by atoms with Crippen LogP contribution in [0.5, 0.6) is 0 Å². The number of nitrogens with zero attached hydrogens (tertiary/aromatic N) is 2. The lowest BCUT2D eigenvalue weighted by atomic mass is 9.90. The number of likely N-dealkylation sites (tertiary alicyclic amines) is 1. The summed E-state index contributed by atoms with van der Waals surface area (Å²) < 4.78 is 11.5. The molecule has 2 amide bonds. The molecule has 7 nitrogen and oxygen atoms in total. The number of rotatable bonds is 13. The second-order valence-electron chi connectivity index (χ2n) is 10.2. The molecule has 0 aromatic heterocycles. The van der Waals surface area contributed by atoms with Crippen molar-refractivity contribution in [2.45, 2.75) is 103 Å². The molecule has 190 valence electrons. The van der Waals surface area contributed by atoms with Crippen molar-refractivity contribution >= 4 is 18.1 Å². The molecule has 1 saturated carbocycles. The zero-order valence-corrected chi connectivity index (χ0v) is 21.6. The van der Waals surface area contributed by atoms with Gasteiger partial charge in [-0.25, -0.2) is 0 Å². The molecule has 2 rings (SSSR count). The van der Waals surface area contributed by atoms with E-state index in [9.17, 15) is 14.4 Å². The molecule has 0 aromatic carbocycles. The van der Waals surface area contributed by atoms with Crippen LogP contribution in [0.1, 0.15) is 78.6 Å². The first-order chi connectivity index (χ1) is 15.8. The van der Waals surface area contributed by atoms with E-state index in [2.05, 4.69) is 13.8 Å². The van der Waals surface area contributed by atoms with Crippen molar-refractivity contribution in [1.29, 1.82) is 0 Å². The van der Waals surface area contributed by atoms with Crippen molar-refractivity contribution in [3.63, 3.8) is 0 Å². The van der Waals surface area contributed by atoms with Gasteiger partial charge in [0.15, 0.2) is 0 Å². The van der Waals surface area contributed by atoms with Crippen LogP contribution in [-0.4, -0.2) is 80.0 Å². The van der Waals surface area contributed by atoms with E-state index < -0.39 is 0 Å². The molecule has 6 unspecified atom stereocenters.